The second-order valence-electron chi connectivity index (χ2n) is 7.27. The van der Waals surface area contributed by atoms with Crippen LogP contribution < -0.4 is 0 Å². The standard InChI is InChI=1S/C22H24FN3O/c1-2-3-12-25-15-17(13-21(25)27)22-24-19-6-4-5-7-20(19)26(22)14-16-8-10-18(23)11-9-16/h4-11,17H,2-3,12-15H2,1H3/t17-/m1/s1. The van der Waals surface area contributed by atoms with Crippen molar-refractivity contribution in [2.45, 2.75) is 38.6 Å². The molecule has 0 aliphatic carbocycles. The van der Waals surface area contributed by atoms with E-state index in [9.17, 15) is 9.18 Å². The summed E-state index contributed by atoms with van der Waals surface area (Å²) in [4.78, 5) is 19.3. The molecule has 1 aliphatic rings. The molecule has 140 valence electrons. The van der Waals surface area contributed by atoms with Gasteiger partial charge >= 0.3 is 0 Å². The summed E-state index contributed by atoms with van der Waals surface area (Å²) in [7, 11) is 0. The second-order valence-corrected chi connectivity index (χ2v) is 7.27. The van der Waals surface area contributed by atoms with Gasteiger partial charge in [-0.15, -0.1) is 0 Å². The van der Waals surface area contributed by atoms with Crippen molar-refractivity contribution in [1.82, 2.24) is 14.5 Å². The van der Waals surface area contributed by atoms with Gasteiger partial charge in [-0.3, -0.25) is 4.79 Å². The highest BCUT2D eigenvalue weighted by atomic mass is 19.1. The minimum Gasteiger partial charge on any atom is -0.342 e. The number of aromatic nitrogens is 2. The van der Waals surface area contributed by atoms with E-state index < -0.39 is 0 Å². The molecule has 3 aromatic rings. The number of hydrogen-bond acceptors (Lipinski definition) is 2. The van der Waals surface area contributed by atoms with Crippen LogP contribution in [0.15, 0.2) is 48.5 Å². The van der Waals surface area contributed by atoms with E-state index in [1.807, 2.05) is 23.1 Å². The largest absolute Gasteiger partial charge is 0.342 e. The highest BCUT2D eigenvalue weighted by Crippen LogP contribution is 2.31. The van der Waals surface area contributed by atoms with Crippen LogP contribution in [-0.4, -0.2) is 33.4 Å². The van der Waals surface area contributed by atoms with E-state index in [-0.39, 0.29) is 17.6 Å². The number of likely N-dealkylation sites (tertiary alicyclic amines) is 1. The first kappa shape index (κ1) is 17.7. The number of benzene rings is 2. The van der Waals surface area contributed by atoms with Crippen molar-refractivity contribution in [1.29, 1.82) is 0 Å². The SMILES string of the molecule is CCCCN1C[C@H](c2nc3ccccc3n2Cc2ccc(F)cc2)CC1=O. The summed E-state index contributed by atoms with van der Waals surface area (Å²) < 4.78 is 15.5. The molecule has 0 unspecified atom stereocenters. The predicted molar refractivity (Wildman–Crippen MR) is 104 cm³/mol. The molecule has 0 saturated carbocycles. The van der Waals surface area contributed by atoms with Crippen LogP contribution in [0, 0.1) is 5.82 Å². The van der Waals surface area contributed by atoms with E-state index in [2.05, 4.69) is 17.6 Å². The lowest BCUT2D eigenvalue weighted by Crippen LogP contribution is -2.26. The molecule has 2 aromatic carbocycles. The fourth-order valence-electron chi connectivity index (χ4n) is 3.85. The maximum absolute atomic E-state index is 13.3. The van der Waals surface area contributed by atoms with Crippen molar-refractivity contribution in [2.75, 3.05) is 13.1 Å². The lowest BCUT2D eigenvalue weighted by atomic mass is 10.1. The van der Waals surface area contributed by atoms with Crippen LogP contribution in [0.4, 0.5) is 4.39 Å². The summed E-state index contributed by atoms with van der Waals surface area (Å²) in [6.45, 7) is 4.31. The number of imidazole rings is 1. The summed E-state index contributed by atoms with van der Waals surface area (Å²) >= 11 is 0. The number of carbonyl (C=O) groups excluding carboxylic acids is 1. The zero-order chi connectivity index (χ0) is 18.8. The summed E-state index contributed by atoms with van der Waals surface area (Å²) in [6, 6.07) is 14.6. The Morgan fingerprint density at radius 2 is 1.93 bits per heavy atom. The van der Waals surface area contributed by atoms with Crippen LogP contribution in [0.5, 0.6) is 0 Å². The van der Waals surface area contributed by atoms with Crippen molar-refractivity contribution >= 4 is 16.9 Å². The molecule has 1 amide bonds. The average Bonchev–Trinajstić information content (AvgIpc) is 3.22. The fourth-order valence-corrected chi connectivity index (χ4v) is 3.85. The Morgan fingerprint density at radius 3 is 2.70 bits per heavy atom. The monoisotopic (exact) mass is 365 g/mol. The van der Waals surface area contributed by atoms with Crippen LogP contribution in [0.2, 0.25) is 0 Å². The van der Waals surface area contributed by atoms with Crippen molar-refractivity contribution in [3.63, 3.8) is 0 Å². The number of rotatable bonds is 6. The van der Waals surface area contributed by atoms with Crippen LogP contribution in [0.1, 0.15) is 43.5 Å². The molecular weight excluding hydrogens is 341 g/mol. The summed E-state index contributed by atoms with van der Waals surface area (Å²) in [5, 5.41) is 0. The van der Waals surface area contributed by atoms with Gasteiger partial charge in [-0.2, -0.15) is 0 Å². The number of amides is 1. The van der Waals surface area contributed by atoms with Crippen LogP contribution >= 0.6 is 0 Å². The van der Waals surface area contributed by atoms with Crippen molar-refractivity contribution < 1.29 is 9.18 Å². The minimum atomic E-state index is -0.234. The normalized spacial score (nSPS) is 17.2. The molecule has 5 heteroatoms. The third kappa shape index (κ3) is 3.59. The lowest BCUT2D eigenvalue weighted by molar-refractivity contribution is -0.127. The van der Waals surface area contributed by atoms with Gasteiger partial charge in [0.2, 0.25) is 5.91 Å². The van der Waals surface area contributed by atoms with Gasteiger partial charge in [-0.25, -0.2) is 9.37 Å². The maximum atomic E-state index is 13.3. The Kier molecular flexibility index (Phi) is 4.92. The van der Waals surface area contributed by atoms with Crippen molar-refractivity contribution in [3.05, 3.63) is 65.7 Å². The Labute approximate surface area is 158 Å². The Balaban J connectivity index is 1.68. The predicted octanol–water partition coefficient (Wildman–Crippen LogP) is 4.34. The first-order valence-corrected chi connectivity index (χ1v) is 9.63. The van der Waals surface area contributed by atoms with E-state index in [4.69, 9.17) is 4.98 Å². The zero-order valence-electron chi connectivity index (χ0n) is 15.6. The molecule has 0 radical (unpaired) electrons. The third-order valence-corrected chi connectivity index (χ3v) is 5.30. The van der Waals surface area contributed by atoms with Crippen LogP contribution in [0.25, 0.3) is 11.0 Å². The first-order chi connectivity index (χ1) is 13.2. The number of unbranched alkanes of at least 4 members (excludes halogenated alkanes) is 1. The van der Waals surface area contributed by atoms with Crippen LogP contribution in [0.3, 0.4) is 0 Å². The maximum Gasteiger partial charge on any atom is 0.223 e. The Morgan fingerprint density at radius 1 is 1.15 bits per heavy atom. The molecule has 4 nitrogen and oxygen atoms in total. The number of carbonyl (C=O) groups is 1. The fraction of sp³-hybridized carbons (Fsp3) is 0.364. The summed E-state index contributed by atoms with van der Waals surface area (Å²) in [6.07, 6.45) is 2.62. The molecule has 1 saturated heterocycles. The highest BCUT2D eigenvalue weighted by Gasteiger charge is 2.33. The highest BCUT2D eigenvalue weighted by molar-refractivity contribution is 5.81. The molecule has 0 spiro atoms. The first-order valence-electron chi connectivity index (χ1n) is 9.63. The quantitative estimate of drug-likeness (QED) is 0.652. The van der Waals surface area contributed by atoms with E-state index in [0.29, 0.717) is 13.0 Å². The van der Waals surface area contributed by atoms with E-state index in [1.54, 1.807) is 12.1 Å². The van der Waals surface area contributed by atoms with Gasteiger partial charge in [0, 0.05) is 32.0 Å². The topological polar surface area (TPSA) is 38.1 Å². The smallest absolute Gasteiger partial charge is 0.223 e. The molecule has 4 rings (SSSR count). The number of halogens is 1. The Hall–Kier alpha value is -2.69. The van der Waals surface area contributed by atoms with Gasteiger partial charge in [0.25, 0.3) is 0 Å². The average molecular weight is 365 g/mol. The van der Waals surface area contributed by atoms with Crippen molar-refractivity contribution in [2.24, 2.45) is 0 Å². The van der Waals surface area contributed by atoms with Gasteiger partial charge in [0.15, 0.2) is 0 Å². The molecule has 2 heterocycles. The van der Waals surface area contributed by atoms with Gasteiger partial charge in [-0.1, -0.05) is 37.6 Å². The molecule has 1 atom stereocenters. The second kappa shape index (κ2) is 7.51. The zero-order valence-corrected chi connectivity index (χ0v) is 15.6. The van der Waals surface area contributed by atoms with Gasteiger partial charge in [-0.05, 0) is 36.2 Å². The van der Waals surface area contributed by atoms with E-state index in [0.717, 1.165) is 48.4 Å². The van der Waals surface area contributed by atoms with Gasteiger partial charge in [0.05, 0.1) is 11.0 Å². The van der Waals surface area contributed by atoms with E-state index in [1.165, 1.54) is 12.1 Å². The lowest BCUT2D eigenvalue weighted by Gasteiger charge is -2.17. The molecule has 0 N–H and O–H groups in total. The van der Waals surface area contributed by atoms with Gasteiger partial charge < -0.3 is 9.47 Å². The third-order valence-electron chi connectivity index (χ3n) is 5.30. The molecule has 0 bridgehead atoms. The number of fused-ring (bicyclic) bond motifs is 1. The molecular formula is C22H24FN3O. The summed E-state index contributed by atoms with van der Waals surface area (Å²) in [5.74, 6) is 1.03. The van der Waals surface area contributed by atoms with E-state index >= 15 is 0 Å². The number of nitrogens with zero attached hydrogens (tertiary/aromatic N) is 3. The molecule has 27 heavy (non-hydrogen) atoms. The molecule has 1 aromatic heterocycles. The van der Waals surface area contributed by atoms with Gasteiger partial charge in [0.1, 0.15) is 11.6 Å². The summed E-state index contributed by atoms with van der Waals surface area (Å²) in [5.41, 5.74) is 3.01. The van der Waals surface area contributed by atoms with Crippen molar-refractivity contribution in [3.8, 4) is 0 Å². The van der Waals surface area contributed by atoms with Crippen LogP contribution in [-0.2, 0) is 11.3 Å². The minimum absolute atomic E-state index is 0.0993. The number of hydrogen-bond donors (Lipinski definition) is 0. The Bertz CT molecular complexity index is 948. The molecule has 1 aliphatic heterocycles. The number of para-hydroxylation sites is 2. The molecule has 1 fully saturated rings.